The molecule has 2 rings (SSSR count). The molecule has 6 heteroatoms. The van der Waals surface area contributed by atoms with Gasteiger partial charge in [-0.1, -0.05) is 45.2 Å². The van der Waals surface area contributed by atoms with Crippen LogP contribution in [-0.2, 0) is 6.42 Å². The third-order valence-electron chi connectivity index (χ3n) is 3.21. The fourth-order valence-corrected chi connectivity index (χ4v) is 3.12. The van der Waals surface area contributed by atoms with Gasteiger partial charge < -0.3 is 5.32 Å². The summed E-state index contributed by atoms with van der Waals surface area (Å²) in [5.74, 6) is -1.24. The Kier molecular flexibility index (Phi) is 5.60. The lowest BCUT2D eigenvalue weighted by Gasteiger charge is -2.20. The van der Waals surface area contributed by atoms with Crippen molar-refractivity contribution in [2.75, 3.05) is 7.05 Å². The Balaban J connectivity index is 2.42. The Morgan fingerprint density at radius 2 is 1.67 bits per heavy atom. The van der Waals surface area contributed by atoms with Crippen molar-refractivity contribution in [1.29, 1.82) is 0 Å². The van der Waals surface area contributed by atoms with Gasteiger partial charge in [-0.25, -0.2) is 8.78 Å². The Morgan fingerprint density at radius 3 is 2.14 bits per heavy atom. The fourth-order valence-electron chi connectivity index (χ4n) is 2.17. The second-order valence-corrected chi connectivity index (χ2v) is 6.26. The van der Waals surface area contributed by atoms with Crippen LogP contribution in [0.15, 0.2) is 34.8 Å². The molecule has 0 spiro atoms. The summed E-state index contributed by atoms with van der Waals surface area (Å²) in [6.07, 6.45) is 0.282. The molecule has 21 heavy (non-hydrogen) atoms. The van der Waals surface area contributed by atoms with Gasteiger partial charge in [0, 0.05) is 26.1 Å². The first-order valence-corrected chi connectivity index (χ1v) is 7.73. The van der Waals surface area contributed by atoms with Gasteiger partial charge in [-0.15, -0.1) is 0 Å². The molecular formula is C15H12BrCl2F2N. The zero-order valence-corrected chi connectivity index (χ0v) is 14.2. The molecule has 0 bridgehead atoms. The van der Waals surface area contributed by atoms with Crippen LogP contribution in [0.5, 0.6) is 0 Å². The second kappa shape index (κ2) is 7.05. The Morgan fingerprint density at radius 1 is 1.14 bits per heavy atom. The van der Waals surface area contributed by atoms with Crippen molar-refractivity contribution in [3.05, 3.63) is 67.6 Å². The van der Waals surface area contributed by atoms with Crippen LogP contribution < -0.4 is 5.32 Å². The summed E-state index contributed by atoms with van der Waals surface area (Å²) in [4.78, 5) is 0. The first kappa shape index (κ1) is 16.7. The highest BCUT2D eigenvalue weighted by Crippen LogP contribution is 2.32. The first-order valence-electron chi connectivity index (χ1n) is 6.18. The van der Waals surface area contributed by atoms with Gasteiger partial charge in [-0.05, 0) is 43.3 Å². The maximum absolute atomic E-state index is 14.1. The monoisotopic (exact) mass is 393 g/mol. The van der Waals surface area contributed by atoms with Crippen molar-refractivity contribution in [3.63, 3.8) is 0 Å². The summed E-state index contributed by atoms with van der Waals surface area (Å²) in [7, 11) is 1.64. The van der Waals surface area contributed by atoms with Crippen LogP contribution in [0.1, 0.15) is 17.2 Å². The fraction of sp³-hybridized carbons (Fsp3) is 0.200. The predicted octanol–water partition coefficient (Wildman–Crippen LogP) is 5.54. The Bertz CT molecular complexity index is 621. The van der Waals surface area contributed by atoms with Crippen molar-refractivity contribution in [1.82, 2.24) is 5.32 Å². The first-order chi connectivity index (χ1) is 9.93. The van der Waals surface area contributed by atoms with Gasteiger partial charge in [0.05, 0.1) is 0 Å². The van der Waals surface area contributed by atoms with E-state index in [2.05, 4.69) is 21.2 Å². The lowest BCUT2D eigenvalue weighted by Crippen LogP contribution is -2.22. The highest BCUT2D eigenvalue weighted by Gasteiger charge is 2.22. The molecule has 0 radical (unpaired) electrons. The molecule has 0 amide bonds. The maximum atomic E-state index is 14.1. The predicted molar refractivity (Wildman–Crippen MR) is 86.0 cm³/mol. The van der Waals surface area contributed by atoms with Crippen molar-refractivity contribution >= 4 is 39.1 Å². The number of halogens is 5. The Hall–Kier alpha value is -0.680. The zero-order valence-electron chi connectivity index (χ0n) is 11.1. The number of likely N-dealkylation sites (N-methyl/N-ethyl adjacent to an activating group) is 1. The van der Waals surface area contributed by atoms with E-state index >= 15 is 0 Å². The molecular weight excluding hydrogens is 383 g/mol. The van der Waals surface area contributed by atoms with Gasteiger partial charge in [0.1, 0.15) is 11.6 Å². The molecule has 2 aromatic rings. The summed E-state index contributed by atoms with van der Waals surface area (Å²) >= 11 is 15.3. The van der Waals surface area contributed by atoms with E-state index in [4.69, 9.17) is 23.2 Å². The summed E-state index contributed by atoms with van der Waals surface area (Å²) < 4.78 is 28.5. The van der Waals surface area contributed by atoms with Crippen LogP contribution in [0.25, 0.3) is 0 Å². The van der Waals surface area contributed by atoms with E-state index in [0.29, 0.717) is 20.1 Å². The van der Waals surface area contributed by atoms with Gasteiger partial charge in [0.15, 0.2) is 0 Å². The summed E-state index contributed by atoms with van der Waals surface area (Å²) in [5.41, 5.74) is 0.624. The van der Waals surface area contributed by atoms with E-state index < -0.39 is 17.7 Å². The minimum absolute atomic E-state index is 0.0308. The average Bonchev–Trinajstić information content (AvgIpc) is 2.39. The van der Waals surface area contributed by atoms with Crippen LogP contribution in [0.4, 0.5) is 8.78 Å². The lowest BCUT2D eigenvalue weighted by molar-refractivity contribution is 0.488. The van der Waals surface area contributed by atoms with Gasteiger partial charge in [-0.2, -0.15) is 0 Å². The normalized spacial score (nSPS) is 12.5. The Labute approximate surface area is 140 Å². The molecule has 0 aliphatic carbocycles. The van der Waals surface area contributed by atoms with E-state index in [1.165, 1.54) is 12.1 Å². The molecule has 0 fully saturated rings. The number of nitrogens with one attached hydrogen (secondary N) is 1. The van der Waals surface area contributed by atoms with Gasteiger partial charge in [0.25, 0.3) is 0 Å². The molecule has 0 aliphatic heterocycles. The van der Waals surface area contributed by atoms with Gasteiger partial charge in [0.2, 0.25) is 0 Å². The van der Waals surface area contributed by atoms with Crippen LogP contribution in [0.2, 0.25) is 10.0 Å². The molecule has 0 saturated carbocycles. The van der Waals surface area contributed by atoms with E-state index in [9.17, 15) is 8.78 Å². The minimum atomic E-state index is -0.621. The zero-order chi connectivity index (χ0) is 15.6. The maximum Gasteiger partial charge on any atom is 0.132 e. The summed E-state index contributed by atoms with van der Waals surface area (Å²) in [6.45, 7) is 0. The van der Waals surface area contributed by atoms with E-state index in [1.807, 2.05) is 0 Å². The highest BCUT2D eigenvalue weighted by atomic mass is 79.9. The van der Waals surface area contributed by atoms with Crippen LogP contribution >= 0.6 is 39.1 Å². The van der Waals surface area contributed by atoms with E-state index in [0.717, 1.165) is 0 Å². The van der Waals surface area contributed by atoms with E-state index in [1.54, 1.807) is 25.2 Å². The van der Waals surface area contributed by atoms with Crippen LogP contribution in [0, 0.1) is 11.6 Å². The quantitative estimate of drug-likeness (QED) is 0.718. The van der Waals surface area contributed by atoms with Crippen LogP contribution in [0.3, 0.4) is 0 Å². The molecule has 0 aliphatic rings. The molecule has 0 aromatic heterocycles. The van der Waals surface area contributed by atoms with E-state index in [-0.39, 0.29) is 12.0 Å². The van der Waals surface area contributed by atoms with Crippen molar-refractivity contribution in [3.8, 4) is 0 Å². The van der Waals surface area contributed by atoms with Gasteiger partial charge in [-0.3, -0.25) is 0 Å². The third kappa shape index (κ3) is 3.75. The smallest absolute Gasteiger partial charge is 0.132 e. The number of benzene rings is 2. The molecule has 0 heterocycles. The lowest BCUT2D eigenvalue weighted by atomic mass is 9.98. The van der Waals surface area contributed by atoms with Crippen molar-refractivity contribution in [2.45, 2.75) is 12.5 Å². The average molecular weight is 395 g/mol. The molecule has 1 atom stereocenters. The SMILES string of the molecule is CNC(Cc1c(Cl)cccc1Cl)c1c(F)cc(Br)cc1F. The molecule has 1 N–H and O–H groups in total. The van der Waals surface area contributed by atoms with Gasteiger partial charge >= 0.3 is 0 Å². The third-order valence-corrected chi connectivity index (χ3v) is 4.38. The number of hydrogen-bond acceptors (Lipinski definition) is 1. The molecule has 1 nitrogen and oxygen atoms in total. The van der Waals surface area contributed by atoms with Crippen LogP contribution in [-0.4, -0.2) is 7.05 Å². The summed E-state index contributed by atoms with van der Waals surface area (Å²) in [5, 5.41) is 3.86. The molecule has 112 valence electrons. The second-order valence-electron chi connectivity index (χ2n) is 4.53. The minimum Gasteiger partial charge on any atom is -0.313 e. The highest BCUT2D eigenvalue weighted by molar-refractivity contribution is 9.10. The number of hydrogen-bond donors (Lipinski definition) is 1. The van der Waals surface area contributed by atoms with Crippen molar-refractivity contribution < 1.29 is 8.78 Å². The molecule has 0 saturated heterocycles. The topological polar surface area (TPSA) is 12.0 Å². The van der Waals surface area contributed by atoms with Crippen molar-refractivity contribution in [2.24, 2.45) is 0 Å². The standard InChI is InChI=1S/C15H12BrCl2F2N/c1-21-14(7-9-10(17)3-2-4-11(9)18)15-12(19)5-8(16)6-13(15)20/h2-6,14,21H,7H2,1H3. The summed E-state index contributed by atoms with van der Waals surface area (Å²) in [6, 6.07) is 7.01. The molecule has 2 aromatic carbocycles. The molecule has 1 unspecified atom stereocenters. The largest absolute Gasteiger partial charge is 0.313 e. The number of rotatable bonds is 4.